The van der Waals surface area contributed by atoms with Crippen molar-refractivity contribution in [2.75, 3.05) is 25.1 Å². The van der Waals surface area contributed by atoms with E-state index in [2.05, 4.69) is 20.2 Å². The average molecular weight is 402 g/mol. The molecule has 7 nitrogen and oxygen atoms in total. The lowest BCUT2D eigenvalue weighted by atomic mass is 10.2. The van der Waals surface area contributed by atoms with Crippen molar-refractivity contribution in [1.29, 1.82) is 0 Å². The Bertz CT molecular complexity index is 1230. The van der Waals surface area contributed by atoms with Gasteiger partial charge in [-0.1, -0.05) is 24.3 Å². The fourth-order valence-electron chi connectivity index (χ4n) is 3.87. The van der Waals surface area contributed by atoms with Crippen molar-refractivity contribution in [2.24, 2.45) is 0 Å². The van der Waals surface area contributed by atoms with E-state index in [4.69, 9.17) is 9.15 Å². The Kier molecular flexibility index (Phi) is 4.71. The second-order valence-corrected chi connectivity index (χ2v) is 7.38. The molecule has 2 aromatic heterocycles. The first-order valence-electron chi connectivity index (χ1n) is 10.1. The maximum atomic E-state index is 12.9. The van der Waals surface area contributed by atoms with E-state index in [1.807, 2.05) is 48.5 Å². The summed E-state index contributed by atoms with van der Waals surface area (Å²) in [7, 11) is 1.62. The Labute approximate surface area is 173 Å². The van der Waals surface area contributed by atoms with E-state index in [1.54, 1.807) is 7.11 Å². The largest absolute Gasteiger partial charge is 0.497 e. The molecule has 0 bridgehead atoms. The second kappa shape index (κ2) is 7.67. The van der Waals surface area contributed by atoms with Crippen LogP contribution in [0.25, 0.3) is 22.1 Å². The number of benzene rings is 2. The molecule has 2 aromatic carbocycles. The zero-order chi connectivity index (χ0) is 20.5. The molecule has 1 N–H and O–H groups in total. The Morgan fingerprint density at radius 3 is 2.80 bits per heavy atom. The number of nitrogens with one attached hydrogen (secondary N) is 1. The number of amides is 1. The van der Waals surface area contributed by atoms with E-state index in [9.17, 15) is 4.79 Å². The van der Waals surface area contributed by atoms with Crippen LogP contribution in [-0.2, 0) is 6.54 Å². The number of ether oxygens (including phenoxy) is 1. The van der Waals surface area contributed by atoms with Gasteiger partial charge in [-0.25, -0.2) is 9.97 Å². The molecule has 5 rings (SSSR count). The van der Waals surface area contributed by atoms with Crippen LogP contribution in [0.3, 0.4) is 0 Å². The van der Waals surface area contributed by atoms with Crippen molar-refractivity contribution in [3.63, 3.8) is 0 Å². The summed E-state index contributed by atoms with van der Waals surface area (Å²) in [4.78, 5) is 24.3. The molecular formula is C23H22N4O3. The number of aromatic nitrogens is 2. The molecule has 1 saturated heterocycles. The van der Waals surface area contributed by atoms with Crippen LogP contribution >= 0.6 is 0 Å². The summed E-state index contributed by atoms with van der Waals surface area (Å²) in [5, 5.41) is 3.81. The highest BCUT2D eigenvalue weighted by Crippen LogP contribution is 2.34. The van der Waals surface area contributed by atoms with Crippen LogP contribution in [0.4, 0.5) is 5.82 Å². The van der Waals surface area contributed by atoms with Gasteiger partial charge in [0.2, 0.25) is 5.82 Å². The molecule has 0 aliphatic carbocycles. The van der Waals surface area contributed by atoms with Crippen LogP contribution < -0.4 is 15.0 Å². The number of para-hydroxylation sites is 1. The summed E-state index contributed by atoms with van der Waals surface area (Å²) < 4.78 is 11.3. The Balaban J connectivity index is 1.51. The van der Waals surface area contributed by atoms with Crippen molar-refractivity contribution in [2.45, 2.75) is 19.4 Å². The highest BCUT2D eigenvalue weighted by atomic mass is 16.5. The Morgan fingerprint density at radius 1 is 1.13 bits per heavy atom. The molecule has 30 heavy (non-hydrogen) atoms. The Morgan fingerprint density at radius 2 is 1.97 bits per heavy atom. The van der Waals surface area contributed by atoms with Crippen LogP contribution in [0.5, 0.6) is 5.75 Å². The van der Waals surface area contributed by atoms with E-state index in [0.29, 0.717) is 23.5 Å². The summed E-state index contributed by atoms with van der Waals surface area (Å²) in [5.41, 5.74) is 3.00. The molecule has 0 atom stereocenters. The minimum Gasteiger partial charge on any atom is -0.497 e. The van der Waals surface area contributed by atoms with Crippen LogP contribution in [-0.4, -0.2) is 36.1 Å². The van der Waals surface area contributed by atoms with Crippen LogP contribution in [0.15, 0.2) is 52.9 Å². The van der Waals surface area contributed by atoms with E-state index in [1.165, 1.54) is 0 Å². The molecule has 1 amide bonds. The third-order valence-corrected chi connectivity index (χ3v) is 5.40. The summed E-state index contributed by atoms with van der Waals surface area (Å²) in [6, 6.07) is 15.3. The van der Waals surface area contributed by atoms with Gasteiger partial charge in [-0.3, -0.25) is 4.79 Å². The van der Waals surface area contributed by atoms with Gasteiger partial charge in [0.15, 0.2) is 11.4 Å². The highest BCUT2D eigenvalue weighted by molar-refractivity contribution is 6.07. The second-order valence-electron chi connectivity index (χ2n) is 7.38. The lowest BCUT2D eigenvalue weighted by molar-refractivity contribution is 0.0941. The van der Waals surface area contributed by atoms with E-state index >= 15 is 0 Å². The van der Waals surface area contributed by atoms with Crippen LogP contribution in [0, 0.1) is 0 Å². The van der Waals surface area contributed by atoms with Gasteiger partial charge in [0, 0.05) is 25.0 Å². The molecule has 7 heteroatoms. The third-order valence-electron chi connectivity index (χ3n) is 5.40. The van der Waals surface area contributed by atoms with Crippen LogP contribution in [0.1, 0.15) is 29.0 Å². The molecule has 0 radical (unpaired) electrons. The fourth-order valence-corrected chi connectivity index (χ4v) is 3.87. The topological polar surface area (TPSA) is 80.5 Å². The number of fused-ring (bicyclic) bond motifs is 3. The third kappa shape index (κ3) is 3.32. The number of carbonyl (C=O) groups excluding carboxylic acids is 1. The fraction of sp³-hybridized carbons (Fsp3) is 0.261. The lowest BCUT2D eigenvalue weighted by Crippen LogP contribution is -2.27. The first-order valence-corrected chi connectivity index (χ1v) is 10.1. The standard InChI is InChI=1S/C23H22N4O3/c1-29-16-8-6-7-15(13-16)14-24-23(28)21-25-19-17-9-2-3-10-18(17)30-20(19)22(26-21)27-11-4-5-12-27/h2-3,6-10,13H,4-5,11-12,14H2,1H3,(H,24,28). The monoisotopic (exact) mass is 402 g/mol. The summed E-state index contributed by atoms with van der Waals surface area (Å²) >= 11 is 0. The zero-order valence-electron chi connectivity index (χ0n) is 16.7. The number of rotatable bonds is 5. The van der Waals surface area contributed by atoms with Crippen molar-refractivity contribution >= 4 is 33.8 Å². The molecule has 1 aliphatic rings. The average Bonchev–Trinajstić information content (AvgIpc) is 3.45. The predicted octanol–water partition coefficient (Wildman–Crippen LogP) is 3.91. The SMILES string of the molecule is COc1cccc(CNC(=O)c2nc(N3CCCC3)c3oc4ccccc4c3n2)c1. The highest BCUT2D eigenvalue weighted by Gasteiger charge is 2.24. The van der Waals surface area contributed by atoms with Gasteiger partial charge in [0.25, 0.3) is 5.91 Å². The number of methoxy groups -OCH3 is 1. The molecule has 0 spiro atoms. The number of carbonyl (C=O) groups is 1. The van der Waals surface area contributed by atoms with Gasteiger partial charge in [0.1, 0.15) is 16.8 Å². The van der Waals surface area contributed by atoms with Crippen LogP contribution in [0.2, 0.25) is 0 Å². The normalized spacial score (nSPS) is 13.8. The minimum absolute atomic E-state index is 0.152. The predicted molar refractivity (Wildman–Crippen MR) is 115 cm³/mol. The zero-order valence-corrected chi connectivity index (χ0v) is 16.7. The van der Waals surface area contributed by atoms with Gasteiger partial charge in [-0.15, -0.1) is 0 Å². The summed E-state index contributed by atoms with van der Waals surface area (Å²) in [6.07, 6.45) is 2.20. The maximum absolute atomic E-state index is 12.9. The minimum atomic E-state index is -0.314. The first-order chi connectivity index (χ1) is 14.7. The molecule has 4 aromatic rings. The van der Waals surface area contributed by atoms with Gasteiger partial charge >= 0.3 is 0 Å². The van der Waals surface area contributed by atoms with Gasteiger partial charge in [0.05, 0.1) is 7.11 Å². The first kappa shape index (κ1) is 18.4. The van der Waals surface area contributed by atoms with Crippen molar-refractivity contribution in [1.82, 2.24) is 15.3 Å². The smallest absolute Gasteiger partial charge is 0.289 e. The number of furan rings is 1. The lowest BCUT2D eigenvalue weighted by Gasteiger charge is -2.17. The Hall–Kier alpha value is -3.61. The van der Waals surface area contributed by atoms with Crippen molar-refractivity contribution in [3.05, 3.63) is 59.9 Å². The van der Waals surface area contributed by atoms with E-state index < -0.39 is 0 Å². The molecule has 1 fully saturated rings. The van der Waals surface area contributed by atoms with E-state index in [-0.39, 0.29) is 11.7 Å². The molecule has 0 saturated carbocycles. The molecule has 3 heterocycles. The number of anilines is 1. The van der Waals surface area contributed by atoms with Crippen molar-refractivity contribution < 1.29 is 13.9 Å². The van der Waals surface area contributed by atoms with Crippen molar-refractivity contribution in [3.8, 4) is 5.75 Å². The van der Waals surface area contributed by atoms with Gasteiger partial charge in [-0.05, 0) is 42.7 Å². The molecular weight excluding hydrogens is 380 g/mol. The number of hydrogen-bond acceptors (Lipinski definition) is 6. The molecule has 1 aliphatic heterocycles. The summed E-state index contributed by atoms with van der Waals surface area (Å²) in [6.45, 7) is 2.16. The number of hydrogen-bond donors (Lipinski definition) is 1. The molecule has 0 unspecified atom stereocenters. The van der Waals surface area contributed by atoms with Gasteiger partial charge < -0.3 is 19.4 Å². The maximum Gasteiger partial charge on any atom is 0.289 e. The number of nitrogens with zero attached hydrogens (tertiary/aromatic N) is 3. The van der Waals surface area contributed by atoms with Gasteiger partial charge in [-0.2, -0.15) is 0 Å². The van der Waals surface area contributed by atoms with E-state index in [0.717, 1.165) is 48.2 Å². The molecule has 152 valence electrons. The quantitative estimate of drug-likeness (QED) is 0.545. The summed E-state index contributed by atoms with van der Waals surface area (Å²) in [5.74, 6) is 1.28.